The minimum atomic E-state index is -0.151. The van der Waals surface area contributed by atoms with Crippen molar-refractivity contribution < 1.29 is 4.74 Å². The van der Waals surface area contributed by atoms with Crippen molar-refractivity contribution in [2.24, 2.45) is 11.7 Å². The number of anilines is 1. The summed E-state index contributed by atoms with van der Waals surface area (Å²) >= 11 is 6.07. The molecule has 0 aromatic carbocycles. The summed E-state index contributed by atoms with van der Waals surface area (Å²) in [7, 11) is 1.53. The molecule has 17 heavy (non-hydrogen) atoms. The molecule has 1 aromatic rings. The van der Waals surface area contributed by atoms with Crippen molar-refractivity contribution in [2.45, 2.75) is 19.4 Å². The van der Waals surface area contributed by atoms with Gasteiger partial charge in [-0.25, -0.2) is 4.98 Å². The number of nitrogens with zero attached hydrogens (tertiary/aromatic N) is 3. The highest BCUT2D eigenvalue weighted by atomic mass is 35.5. The van der Waals surface area contributed by atoms with E-state index in [1.54, 1.807) is 6.20 Å². The van der Waals surface area contributed by atoms with Crippen molar-refractivity contribution in [3.8, 4) is 6.01 Å². The van der Waals surface area contributed by atoms with E-state index >= 15 is 0 Å². The summed E-state index contributed by atoms with van der Waals surface area (Å²) in [6, 6.07) is 0.323. The molecule has 6 heteroatoms. The molecule has 0 spiro atoms. The number of ether oxygens (including phenoxy) is 1. The predicted octanol–water partition coefficient (Wildman–Crippen LogP) is 1.31. The maximum Gasteiger partial charge on any atom is 0.318 e. The lowest BCUT2D eigenvalue weighted by Gasteiger charge is -2.51. The molecule has 1 aliphatic heterocycles. The Balaban J connectivity index is 2.16. The molecule has 0 unspecified atom stereocenters. The van der Waals surface area contributed by atoms with Crippen molar-refractivity contribution in [1.29, 1.82) is 0 Å². The zero-order valence-corrected chi connectivity index (χ0v) is 11.0. The van der Waals surface area contributed by atoms with Gasteiger partial charge in [0.2, 0.25) is 0 Å². The summed E-state index contributed by atoms with van der Waals surface area (Å²) in [5.41, 5.74) is 6.08. The van der Waals surface area contributed by atoms with E-state index in [1.807, 2.05) is 4.90 Å². The maximum absolute atomic E-state index is 6.23. The number of hydrogen-bond donors (Lipinski definition) is 1. The van der Waals surface area contributed by atoms with Crippen LogP contribution in [0.25, 0.3) is 0 Å². The van der Waals surface area contributed by atoms with Crippen LogP contribution < -0.4 is 15.4 Å². The summed E-state index contributed by atoms with van der Waals surface area (Å²) < 4.78 is 4.99. The van der Waals surface area contributed by atoms with E-state index in [0.29, 0.717) is 22.8 Å². The molecular weight excluding hydrogens is 240 g/mol. The molecule has 1 aliphatic rings. The quantitative estimate of drug-likeness (QED) is 0.884. The molecule has 1 saturated heterocycles. The van der Waals surface area contributed by atoms with E-state index in [4.69, 9.17) is 22.1 Å². The third-order valence-electron chi connectivity index (χ3n) is 3.31. The van der Waals surface area contributed by atoms with Crippen LogP contribution in [0.3, 0.4) is 0 Å². The topological polar surface area (TPSA) is 64.3 Å². The molecule has 1 fully saturated rings. The highest BCUT2D eigenvalue weighted by Crippen LogP contribution is 2.34. The van der Waals surface area contributed by atoms with Gasteiger partial charge in [-0.3, -0.25) is 0 Å². The third-order valence-corrected chi connectivity index (χ3v) is 3.57. The molecule has 0 radical (unpaired) electrons. The van der Waals surface area contributed by atoms with Gasteiger partial charge in [-0.2, -0.15) is 4.98 Å². The molecule has 0 amide bonds. The fourth-order valence-electron chi connectivity index (χ4n) is 1.84. The summed E-state index contributed by atoms with van der Waals surface area (Å²) in [6.07, 6.45) is 1.55. The predicted molar refractivity (Wildman–Crippen MR) is 67.6 cm³/mol. The molecule has 5 nitrogen and oxygen atoms in total. The number of nitrogens with two attached hydrogens (primary N) is 1. The van der Waals surface area contributed by atoms with Crippen molar-refractivity contribution in [3.63, 3.8) is 0 Å². The first-order chi connectivity index (χ1) is 7.96. The second kappa shape index (κ2) is 4.31. The van der Waals surface area contributed by atoms with E-state index < -0.39 is 0 Å². The van der Waals surface area contributed by atoms with Gasteiger partial charge in [-0.1, -0.05) is 25.4 Å². The van der Waals surface area contributed by atoms with Crippen LogP contribution in [-0.4, -0.2) is 35.7 Å². The van der Waals surface area contributed by atoms with Crippen molar-refractivity contribution in [3.05, 3.63) is 11.2 Å². The minimum Gasteiger partial charge on any atom is -0.467 e. The number of hydrogen-bond acceptors (Lipinski definition) is 5. The van der Waals surface area contributed by atoms with Crippen LogP contribution in [-0.2, 0) is 0 Å². The van der Waals surface area contributed by atoms with E-state index in [0.717, 1.165) is 13.1 Å². The van der Waals surface area contributed by atoms with E-state index in [-0.39, 0.29) is 5.54 Å². The molecule has 2 heterocycles. The standard InChI is InChI=1S/C11H17ClN4O/c1-7(2)11(13)5-16(6-11)9-8(12)4-14-10(15-9)17-3/h4,7H,5-6,13H2,1-3H3. The lowest BCUT2D eigenvalue weighted by molar-refractivity contribution is 0.243. The molecule has 0 saturated carbocycles. The summed E-state index contributed by atoms with van der Waals surface area (Å²) in [6.45, 7) is 5.76. The highest BCUT2D eigenvalue weighted by Gasteiger charge is 2.43. The van der Waals surface area contributed by atoms with E-state index in [9.17, 15) is 0 Å². The zero-order chi connectivity index (χ0) is 12.6. The van der Waals surface area contributed by atoms with Crippen LogP contribution in [0.2, 0.25) is 5.02 Å². The lowest BCUT2D eigenvalue weighted by Crippen LogP contribution is -2.70. The number of halogens is 1. The van der Waals surface area contributed by atoms with Gasteiger partial charge >= 0.3 is 6.01 Å². The van der Waals surface area contributed by atoms with E-state index in [1.165, 1.54) is 7.11 Å². The molecule has 0 bridgehead atoms. The van der Waals surface area contributed by atoms with Crippen LogP contribution in [0, 0.1) is 5.92 Å². The SMILES string of the molecule is COc1ncc(Cl)c(N2CC(N)(C(C)C)C2)n1. The largest absolute Gasteiger partial charge is 0.467 e. The summed E-state index contributed by atoms with van der Waals surface area (Å²) in [5.74, 6) is 1.13. The molecule has 94 valence electrons. The van der Waals surface area contributed by atoms with Crippen molar-refractivity contribution in [2.75, 3.05) is 25.1 Å². The van der Waals surface area contributed by atoms with Gasteiger partial charge in [0.15, 0.2) is 5.82 Å². The zero-order valence-electron chi connectivity index (χ0n) is 10.3. The summed E-state index contributed by atoms with van der Waals surface area (Å²) in [5, 5.41) is 0.525. The van der Waals surface area contributed by atoms with Gasteiger partial charge in [0, 0.05) is 13.1 Å². The lowest BCUT2D eigenvalue weighted by atomic mass is 9.80. The number of rotatable bonds is 3. The minimum absolute atomic E-state index is 0.151. The highest BCUT2D eigenvalue weighted by molar-refractivity contribution is 6.32. The maximum atomic E-state index is 6.23. The van der Waals surface area contributed by atoms with Gasteiger partial charge in [0.05, 0.1) is 18.8 Å². The number of aromatic nitrogens is 2. The fourth-order valence-corrected chi connectivity index (χ4v) is 2.05. The Morgan fingerprint density at radius 2 is 2.18 bits per heavy atom. The van der Waals surface area contributed by atoms with Crippen LogP contribution in [0.5, 0.6) is 6.01 Å². The van der Waals surface area contributed by atoms with Crippen molar-refractivity contribution >= 4 is 17.4 Å². The average Bonchev–Trinajstić information content (AvgIpc) is 2.25. The monoisotopic (exact) mass is 256 g/mol. The molecular formula is C11H17ClN4O. The molecule has 2 rings (SSSR count). The Kier molecular flexibility index (Phi) is 3.14. The van der Waals surface area contributed by atoms with Crippen molar-refractivity contribution in [1.82, 2.24) is 9.97 Å². The Morgan fingerprint density at radius 3 is 2.71 bits per heavy atom. The van der Waals surface area contributed by atoms with Gasteiger partial charge < -0.3 is 15.4 Å². The molecule has 1 aromatic heterocycles. The number of methoxy groups -OCH3 is 1. The Labute approximate surface area is 106 Å². The second-order valence-electron chi connectivity index (χ2n) is 4.77. The Morgan fingerprint density at radius 1 is 1.53 bits per heavy atom. The van der Waals surface area contributed by atoms with Gasteiger partial charge in [-0.15, -0.1) is 0 Å². The molecule has 0 aliphatic carbocycles. The normalized spacial score (nSPS) is 18.1. The first-order valence-corrected chi connectivity index (χ1v) is 5.94. The van der Waals surface area contributed by atoms with Crippen LogP contribution in [0.4, 0.5) is 5.82 Å². The van der Waals surface area contributed by atoms with Gasteiger partial charge in [0.1, 0.15) is 5.02 Å². The Bertz CT molecular complexity index is 418. The third kappa shape index (κ3) is 2.17. The first-order valence-electron chi connectivity index (χ1n) is 5.56. The molecule has 2 N–H and O–H groups in total. The fraction of sp³-hybridized carbons (Fsp3) is 0.636. The average molecular weight is 257 g/mol. The molecule has 0 atom stereocenters. The second-order valence-corrected chi connectivity index (χ2v) is 5.18. The van der Waals surface area contributed by atoms with E-state index in [2.05, 4.69) is 23.8 Å². The Hall–Kier alpha value is -1.07. The van der Waals surface area contributed by atoms with Gasteiger partial charge in [0.25, 0.3) is 0 Å². The van der Waals surface area contributed by atoms with Gasteiger partial charge in [-0.05, 0) is 5.92 Å². The summed E-state index contributed by atoms with van der Waals surface area (Å²) in [4.78, 5) is 10.2. The van der Waals surface area contributed by atoms with Crippen LogP contribution in [0.1, 0.15) is 13.8 Å². The van der Waals surface area contributed by atoms with Crippen LogP contribution >= 0.6 is 11.6 Å². The first kappa shape index (κ1) is 12.4. The smallest absolute Gasteiger partial charge is 0.318 e. The van der Waals surface area contributed by atoms with Crippen LogP contribution in [0.15, 0.2) is 6.20 Å².